The molecule has 15 aromatic rings. The van der Waals surface area contributed by atoms with Gasteiger partial charge in [0.1, 0.15) is 66.2 Å². The number of carboxylic acid groups (broad SMARTS) is 1. The molecule has 0 spiro atoms. The zero-order valence-electron chi connectivity index (χ0n) is 77.2. The Hall–Kier alpha value is -14.8. The highest BCUT2D eigenvalue weighted by Crippen LogP contribution is 2.44. The van der Waals surface area contributed by atoms with Crippen LogP contribution in [0.25, 0.3) is 34.9 Å². The Morgan fingerprint density at radius 3 is 0.936 bits per heavy atom. The lowest BCUT2D eigenvalue weighted by atomic mass is 10.1. The molecule has 15 rings (SSSR count). The summed E-state index contributed by atoms with van der Waals surface area (Å²) in [5.74, 6) is 2.18. The predicted molar refractivity (Wildman–Crippen MR) is 520 cm³/mol. The summed E-state index contributed by atoms with van der Waals surface area (Å²) in [7, 11) is 0. The average molecular weight is 2090 g/mol. The van der Waals surface area contributed by atoms with E-state index in [4.69, 9.17) is 33.9 Å². The molecule has 11 aromatic carbocycles. The van der Waals surface area contributed by atoms with Crippen molar-refractivity contribution in [3.05, 3.63) is 384 Å². The van der Waals surface area contributed by atoms with Crippen LogP contribution in [-0.4, -0.2) is 113 Å². The molecule has 2 N–H and O–H groups in total. The zero-order chi connectivity index (χ0) is 103. The number of ether oxygens (including phenoxy) is 5. The molecule has 0 unspecified atom stereocenters. The minimum absolute atomic E-state index is 0.121. The summed E-state index contributed by atoms with van der Waals surface area (Å²) in [6, 6.07) is 70.2. The fourth-order valence-corrected chi connectivity index (χ4v) is 17.5. The van der Waals surface area contributed by atoms with E-state index in [1.54, 1.807) is 101 Å². The maximum absolute atomic E-state index is 12.7. The number of nitrogens with zero attached hydrogens (tertiary/aromatic N) is 12. The third-order valence-electron chi connectivity index (χ3n) is 20.6. The topological polar surface area (TPSA) is 278 Å². The number of rotatable bonds is 25. The van der Waals surface area contributed by atoms with E-state index in [0.29, 0.717) is 104 Å². The lowest BCUT2D eigenvalue weighted by Crippen LogP contribution is -2.29. The van der Waals surface area contributed by atoms with Gasteiger partial charge in [-0.05, 0) is 295 Å². The van der Waals surface area contributed by atoms with Crippen molar-refractivity contribution in [3.63, 3.8) is 0 Å². The smallest absolute Gasteiger partial charge is 0.416 e. The summed E-state index contributed by atoms with van der Waals surface area (Å²) in [4.78, 5) is 50.6. The second-order valence-corrected chi connectivity index (χ2v) is 35.4. The number of aryl methyl sites for hydroxylation is 8. The van der Waals surface area contributed by atoms with Crippen LogP contribution >= 0.6 is 38.7 Å². The first-order chi connectivity index (χ1) is 67.0. The Morgan fingerprint density at radius 2 is 0.667 bits per heavy atom. The van der Waals surface area contributed by atoms with Gasteiger partial charge in [-0.2, -0.15) is 97.4 Å². The number of halogens is 14. The molecule has 0 aliphatic carbocycles. The van der Waals surface area contributed by atoms with Gasteiger partial charge in [-0.3, -0.25) is 4.79 Å². The van der Waals surface area contributed by atoms with E-state index in [1.165, 1.54) is 79.9 Å². The highest BCUT2D eigenvalue weighted by Gasteiger charge is 2.34. The Bertz CT molecular complexity index is 6760. The van der Waals surface area contributed by atoms with E-state index in [1.807, 2.05) is 107 Å². The highest BCUT2D eigenvalue weighted by atomic mass is 79.9. The number of carboxylic acids is 1. The van der Waals surface area contributed by atoms with E-state index in [9.17, 15) is 71.9 Å². The van der Waals surface area contributed by atoms with Crippen LogP contribution in [0.3, 0.4) is 0 Å². The summed E-state index contributed by atoms with van der Waals surface area (Å²) in [5, 5.41) is 55.6. The molecule has 0 fully saturated rings. The van der Waals surface area contributed by atoms with Gasteiger partial charge in [0, 0.05) is 33.3 Å². The number of aromatic nitrogens is 12. The molecule has 0 aliphatic rings. The summed E-state index contributed by atoms with van der Waals surface area (Å²) >= 11 is 6.59. The molecule has 0 saturated carbocycles. The molecular formula is C103H93Br2F12N12O11P. The van der Waals surface area contributed by atoms with Crippen LogP contribution in [0.1, 0.15) is 125 Å². The number of phenolic OH excluding ortho intramolecular Hbond substituents is 1. The first-order valence-electron chi connectivity index (χ1n) is 42.9. The number of alkyl halides is 13. The van der Waals surface area contributed by atoms with E-state index in [2.05, 4.69) is 109 Å². The molecule has 0 aliphatic heterocycles. The van der Waals surface area contributed by atoms with E-state index >= 15 is 0 Å². The number of esters is 2. The summed E-state index contributed by atoms with van der Waals surface area (Å²) in [6.07, 6.45) is -11.1. The third-order valence-corrected chi connectivity index (χ3v) is 26.0. The monoisotopic (exact) mass is 2090 g/mol. The number of benzene rings is 11. The van der Waals surface area contributed by atoms with Gasteiger partial charge in [-0.25, -0.2) is 14.4 Å². The highest BCUT2D eigenvalue weighted by molar-refractivity contribution is 9.10. The summed E-state index contributed by atoms with van der Waals surface area (Å²) in [6.45, 7) is 16.9. The van der Waals surface area contributed by atoms with Gasteiger partial charge >= 0.3 is 42.6 Å². The van der Waals surface area contributed by atoms with Crippen molar-refractivity contribution in [1.82, 2.24) is 60.0 Å². The lowest BCUT2D eigenvalue weighted by molar-refractivity contribution is -0.138. The first kappa shape index (κ1) is 108. The zero-order valence-corrected chi connectivity index (χ0v) is 81.3. The van der Waals surface area contributed by atoms with Crippen LogP contribution in [0.2, 0.25) is 0 Å². The Kier molecular flexibility index (Phi) is 38.1. The summed E-state index contributed by atoms with van der Waals surface area (Å²) < 4.78 is 180. The van der Waals surface area contributed by atoms with Gasteiger partial charge in [0.05, 0.1) is 86.7 Å². The number of hydrogen-bond acceptors (Lipinski definition) is 18. The van der Waals surface area contributed by atoms with Crippen LogP contribution in [0.15, 0.2) is 277 Å². The van der Waals surface area contributed by atoms with Gasteiger partial charge in [-0.15, -0.1) is 15.3 Å². The van der Waals surface area contributed by atoms with Crippen molar-refractivity contribution < 1.29 is 106 Å². The van der Waals surface area contributed by atoms with E-state index in [-0.39, 0.29) is 25.8 Å². The molecule has 4 aromatic heterocycles. The second kappa shape index (κ2) is 49.6. The average Bonchev–Trinajstić information content (AvgIpc) is 1.66. The van der Waals surface area contributed by atoms with Crippen LogP contribution in [0, 0.1) is 55.4 Å². The Morgan fingerprint density at radius 1 is 0.369 bits per heavy atom. The van der Waals surface area contributed by atoms with Gasteiger partial charge in [0.15, 0.2) is 0 Å². The number of hydrogen-bond donors (Lipinski definition) is 2. The number of aromatic hydroxyl groups is 1. The van der Waals surface area contributed by atoms with Gasteiger partial charge in [-0.1, -0.05) is 135 Å². The van der Waals surface area contributed by atoms with Crippen molar-refractivity contribution in [3.8, 4) is 45.7 Å². The van der Waals surface area contributed by atoms with Gasteiger partial charge < -0.3 is 33.9 Å². The first-order valence-corrected chi connectivity index (χ1v) is 46.7. The van der Waals surface area contributed by atoms with Crippen molar-refractivity contribution in [2.45, 2.75) is 119 Å². The van der Waals surface area contributed by atoms with E-state index in [0.717, 1.165) is 126 Å². The molecule has 734 valence electrons. The molecule has 0 radical (unpaired) electrons. The van der Waals surface area contributed by atoms with Crippen LogP contribution in [-0.2, 0) is 73.7 Å². The molecule has 23 nitrogen and oxygen atoms in total. The molecule has 0 bridgehead atoms. The molecule has 0 amide bonds. The van der Waals surface area contributed by atoms with Crippen molar-refractivity contribution in [2.75, 3.05) is 13.2 Å². The number of aldehydes is 1. The van der Waals surface area contributed by atoms with Crippen molar-refractivity contribution in [2.24, 2.45) is 0 Å². The van der Waals surface area contributed by atoms with Crippen LogP contribution < -0.4 is 30.1 Å². The largest absolute Gasteiger partial charge is 0.508 e. The SMILES string of the molecule is CCOC(=O)/C=C/c1ccc(OCc2nn(-c3ccc(C(F)(F)F)cc3)nc2C)cc1C.CCOC(=O)C=P(c1ccccc1)(c1ccccc1)c1ccccc1.Cc1cc(O)ccc1Br.Cc1cc(OCc2nn(-c3ccc(C(F)(F)F)cc3)nc2C)ccc1/C=C/C(=O)O.Cc1cc(OCc2nn(-c3ccc(C(F)(F)F)cc3)nc2C)ccc1C=O.Cc1nn(-c2ccc(C(F)(F)F)cc2)nc1CBr. The normalized spacial score (nSPS) is 11.4. The standard InChI is InChI=1S/C23H22F3N3O3.C22H21O2P.C21H18F3N3O3.C19H16F3N3O2.C11H9BrF3N3.C7H7BrO/c1-4-31-22(30)12-6-17-5-11-20(13-15(17)2)32-14-21-16(3)27-29(28-21)19-9-7-18(8-10-19)23(24,25)26;1-2-24-22(23)18-25(19-12-6-3-7-13-19,20-14-8-4-9-15-20)21-16-10-5-11-17-21;1-13-11-18(9-3-15(13)4-10-20(28)29)30-12-19-14(2)25-27(26-19)17-7-5-16(6-8-17)21(22,23)24;1-12-9-17(8-3-14(12)10-26)27-11-18-13(2)23-25(24-18)16-6-4-15(5-7-16)19(20,21)22;1-7-10(6-12)17-18(16-7)9-4-2-8(3-5-9)11(13,14)15;1-5-4-6(9)2-3-7(5)8/h5-13H,4,14H2,1-3H3;3-18H,2H2,1H3;3-11H,12H2,1-2H3,(H,28,29);3-10H,11H2,1-2H3;2-5H,6H2,1H3;2-4,9H,1H3/b12-6+;;10-4+;;;. The van der Waals surface area contributed by atoms with Crippen LogP contribution in [0.4, 0.5) is 52.7 Å². The number of carbonyl (C=O) groups is 4. The molecule has 141 heavy (non-hydrogen) atoms. The molecular weight excluding hydrogens is 2000 g/mol. The number of aliphatic carboxylic acids is 1. The van der Waals surface area contributed by atoms with Gasteiger partial charge in [0.25, 0.3) is 0 Å². The molecule has 4 heterocycles. The second-order valence-electron chi connectivity index (χ2n) is 30.7. The molecule has 0 saturated heterocycles. The molecule has 38 heteroatoms. The molecule has 0 atom stereocenters. The van der Waals surface area contributed by atoms with Gasteiger partial charge in [0.2, 0.25) is 0 Å². The maximum atomic E-state index is 12.7. The van der Waals surface area contributed by atoms with Crippen molar-refractivity contribution >= 4 is 96.8 Å². The Labute approximate surface area is 820 Å². The number of phenols is 1. The van der Waals surface area contributed by atoms with Crippen molar-refractivity contribution in [1.29, 1.82) is 0 Å². The third kappa shape index (κ3) is 31.1. The summed E-state index contributed by atoms with van der Waals surface area (Å²) in [5.41, 5.74) is 9.64. The fraction of sp³-hybridized carbons (Fsp3) is 0.194. The Balaban J connectivity index is 0.000000179. The van der Waals surface area contributed by atoms with E-state index < -0.39 is 65.8 Å². The van der Waals surface area contributed by atoms with Crippen LogP contribution in [0.5, 0.6) is 23.0 Å². The predicted octanol–water partition coefficient (Wildman–Crippen LogP) is 23.2. The number of carbonyl (C=O) groups excluding carboxylic acids is 3. The quantitative estimate of drug-likeness (QED) is 0.0134. The maximum Gasteiger partial charge on any atom is 0.416 e. The fourth-order valence-electron chi connectivity index (χ4n) is 13.1. The minimum atomic E-state index is -4.40. The minimum Gasteiger partial charge on any atom is -0.508 e. The lowest BCUT2D eigenvalue weighted by Gasteiger charge is -2.28.